The summed E-state index contributed by atoms with van der Waals surface area (Å²) in [5.41, 5.74) is 3.55. The van der Waals surface area contributed by atoms with Gasteiger partial charge >= 0.3 is 0 Å². The van der Waals surface area contributed by atoms with E-state index in [0.717, 1.165) is 40.1 Å². The van der Waals surface area contributed by atoms with E-state index in [1.807, 2.05) is 18.2 Å². The third-order valence-corrected chi connectivity index (χ3v) is 4.84. The van der Waals surface area contributed by atoms with Crippen LogP contribution in [0, 0.1) is 5.82 Å². The summed E-state index contributed by atoms with van der Waals surface area (Å²) in [4.78, 5) is 12.3. The van der Waals surface area contributed by atoms with Crippen LogP contribution in [0.2, 0.25) is 0 Å². The van der Waals surface area contributed by atoms with E-state index in [1.165, 1.54) is 12.1 Å². The summed E-state index contributed by atoms with van der Waals surface area (Å²) in [6.45, 7) is 2.85. The molecule has 0 spiro atoms. The van der Waals surface area contributed by atoms with Crippen molar-refractivity contribution >= 4 is 22.6 Å². The molecule has 0 fully saturated rings. The molecule has 0 bridgehead atoms. The first kappa shape index (κ1) is 18.7. The Bertz CT molecular complexity index is 1160. The van der Waals surface area contributed by atoms with Crippen LogP contribution in [0.25, 0.3) is 22.3 Å². The molecular formula is C22H21FN4O2. The molecule has 0 atom stereocenters. The number of nitrogens with one attached hydrogen (secondary N) is 2. The van der Waals surface area contributed by atoms with Crippen LogP contribution in [0.15, 0.2) is 54.6 Å². The molecule has 2 aromatic heterocycles. The first-order valence-corrected chi connectivity index (χ1v) is 9.35. The molecule has 1 amide bonds. The van der Waals surface area contributed by atoms with E-state index in [-0.39, 0.29) is 18.1 Å². The zero-order chi connectivity index (χ0) is 20.4. The molecule has 4 rings (SSSR count). The summed E-state index contributed by atoms with van der Waals surface area (Å²) < 4.78 is 20.6. The number of aromatic amines is 1. The maximum atomic E-state index is 13.0. The van der Waals surface area contributed by atoms with Crippen LogP contribution in [-0.4, -0.2) is 27.8 Å². The minimum atomic E-state index is -0.325. The zero-order valence-electron chi connectivity index (χ0n) is 16.2. The van der Waals surface area contributed by atoms with Crippen LogP contribution in [-0.2, 0) is 17.8 Å². The number of hydrogen-bond acceptors (Lipinski definition) is 3. The lowest BCUT2D eigenvalue weighted by Crippen LogP contribution is -2.14. The van der Waals surface area contributed by atoms with Crippen molar-refractivity contribution in [3.63, 3.8) is 0 Å². The molecule has 29 heavy (non-hydrogen) atoms. The Morgan fingerprint density at radius 1 is 1.21 bits per heavy atom. The van der Waals surface area contributed by atoms with Crippen LogP contribution in [0.3, 0.4) is 0 Å². The fraction of sp³-hybridized carbons (Fsp3) is 0.182. The Morgan fingerprint density at radius 2 is 2.00 bits per heavy atom. The van der Waals surface area contributed by atoms with E-state index in [2.05, 4.69) is 33.1 Å². The van der Waals surface area contributed by atoms with Crippen LogP contribution in [0.1, 0.15) is 12.5 Å². The third-order valence-electron chi connectivity index (χ3n) is 4.84. The molecule has 148 valence electrons. The maximum Gasteiger partial charge on any atom is 0.229 e. The number of carbonyl (C=O) groups is 1. The van der Waals surface area contributed by atoms with Gasteiger partial charge in [0.1, 0.15) is 11.6 Å². The average molecular weight is 392 g/mol. The van der Waals surface area contributed by atoms with E-state index in [9.17, 15) is 9.18 Å². The number of hydrogen-bond donors (Lipinski definition) is 2. The van der Waals surface area contributed by atoms with Crippen molar-refractivity contribution < 1.29 is 13.9 Å². The molecule has 2 N–H and O–H groups in total. The summed E-state index contributed by atoms with van der Waals surface area (Å²) in [7, 11) is 1.66. The lowest BCUT2D eigenvalue weighted by molar-refractivity contribution is -0.115. The number of rotatable bonds is 6. The number of aryl methyl sites for hydroxylation is 1. The van der Waals surface area contributed by atoms with Crippen LogP contribution < -0.4 is 10.1 Å². The van der Waals surface area contributed by atoms with Crippen molar-refractivity contribution in [2.45, 2.75) is 19.9 Å². The molecule has 6 nitrogen and oxygen atoms in total. The summed E-state index contributed by atoms with van der Waals surface area (Å²) in [5.74, 6) is 0.705. The largest absolute Gasteiger partial charge is 0.496 e. The number of benzene rings is 2. The van der Waals surface area contributed by atoms with Crippen molar-refractivity contribution in [3.8, 4) is 17.1 Å². The SMILES string of the molecule is CCn1c(-c2cc(NC(=O)Cc3ccc(F)cc3)n[nH]2)cc2c(OC)cccc21. The monoisotopic (exact) mass is 392 g/mol. The summed E-state index contributed by atoms with van der Waals surface area (Å²) in [5, 5.41) is 11.0. The molecule has 0 unspecified atom stereocenters. The van der Waals surface area contributed by atoms with Gasteiger partial charge in [0.15, 0.2) is 5.82 Å². The summed E-state index contributed by atoms with van der Waals surface area (Å²) in [6, 6.07) is 15.7. The van der Waals surface area contributed by atoms with Crippen molar-refractivity contribution in [1.29, 1.82) is 0 Å². The molecule has 2 aromatic carbocycles. The molecule has 4 aromatic rings. The number of nitrogens with zero attached hydrogens (tertiary/aromatic N) is 2. The average Bonchev–Trinajstić information content (AvgIpc) is 3.33. The van der Waals surface area contributed by atoms with Crippen molar-refractivity contribution in [2.75, 3.05) is 12.4 Å². The third kappa shape index (κ3) is 3.71. The highest BCUT2D eigenvalue weighted by Gasteiger charge is 2.15. The number of ether oxygens (including phenoxy) is 1. The number of anilines is 1. The van der Waals surface area contributed by atoms with Crippen LogP contribution >= 0.6 is 0 Å². The van der Waals surface area contributed by atoms with E-state index in [0.29, 0.717) is 5.82 Å². The topological polar surface area (TPSA) is 71.9 Å². The molecule has 0 aliphatic carbocycles. The lowest BCUT2D eigenvalue weighted by atomic mass is 10.1. The summed E-state index contributed by atoms with van der Waals surface area (Å²) >= 11 is 0. The van der Waals surface area contributed by atoms with Gasteiger partial charge in [-0.1, -0.05) is 18.2 Å². The first-order valence-electron chi connectivity index (χ1n) is 9.35. The quantitative estimate of drug-likeness (QED) is 0.511. The van der Waals surface area contributed by atoms with Gasteiger partial charge in [-0.25, -0.2) is 4.39 Å². The highest BCUT2D eigenvalue weighted by Crippen LogP contribution is 2.33. The highest BCUT2D eigenvalue weighted by atomic mass is 19.1. The Hall–Kier alpha value is -3.61. The number of halogens is 1. The Balaban J connectivity index is 1.57. The minimum Gasteiger partial charge on any atom is -0.496 e. The van der Waals surface area contributed by atoms with Crippen molar-refractivity contribution in [2.24, 2.45) is 0 Å². The Kier molecular flexibility index (Phi) is 5.03. The Labute approximate surface area is 167 Å². The maximum absolute atomic E-state index is 13.0. The number of methoxy groups -OCH3 is 1. The minimum absolute atomic E-state index is 0.148. The van der Waals surface area contributed by atoms with E-state index < -0.39 is 0 Å². The smallest absolute Gasteiger partial charge is 0.229 e. The van der Waals surface area contributed by atoms with Gasteiger partial charge in [0.05, 0.1) is 30.4 Å². The molecule has 2 heterocycles. The number of aromatic nitrogens is 3. The van der Waals surface area contributed by atoms with Crippen LogP contribution in [0.5, 0.6) is 5.75 Å². The van der Waals surface area contributed by atoms with Gasteiger partial charge < -0.3 is 14.6 Å². The molecule has 0 aliphatic rings. The van der Waals surface area contributed by atoms with Gasteiger partial charge in [0, 0.05) is 18.0 Å². The van der Waals surface area contributed by atoms with E-state index in [1.54, 1.807) is 25.3 Å². The Morgan fingerprint density at radius 3 is 2.72 bits per heavy atom. The van der Waals surface area contributed by atoms with Crippen LogP contribution in [0.4, 0.5) is 10.2 Å². The molecule has 0 saturated carbocycles. The van der Waals surface area contributed by atoms with Gasteiger partial charge in [-0.2, -0.15) is 5.10 Å². The first-order chi connectivity index (χ1) is 14.1. The molecule has 0 radical (unpaired) electrons. The van der Waals surface area contributed by atoms with Gasteiger partial charge in [0.2, 0.25) is 5.91 Å². The normalized spacial score (nSPS) is 11.0. The lowest BCUT2D eigenvalue weighted by Gasteiger charge is -2.06. The highest BCUT2D eigenvalue weighted by molar-refractivity contribution is 5.93. The fourth-order valence-electron chi connectivity index (χ4n) is 3.49. The van der Waals surface area contributed by atoms with Crippen molar-refractivity contribution in [1.82, 2.24) is 14.8 Å². The second-order valence-electron chi connectivity index (χ2n) is 6.69. The molecule has 0 aliphatic heterocycles. The number of amides is 1. The predicted octanol–water partition coefficient (Wildman–Crippen LogP) is 4.38. The van der Waals surface area contributed by atoms with Gasteiger partial charge in [-0.3, -0.25) is 9.89 Å². The van der Waals surface area contributed by atoms with E-state index in [4.69, 9.17) is 4.74 Å². The number of fused-ring (bicyclic) bond motifs is 1. The second kappa shape index (κ2) is 7.79. The second-order valence-corrected chi connectivity index (χ2v) is 6.69. The van der Waals surface area contributed by atoms with Gasteiger partial charge in [-0.15, -0.1) is 0 Å². The molecular weight excluding hydrogens is 371 g/mol. The summed E-state index contributed by atoms with van der Waals surface area (Å²) in [6.07, 6.45) is 0.148. The molecule has 7 heteroatoms. The van der Waals surface area contributed by atoms with Gasteiger partial charge in [0.25, 0.3) is 0 Å². The number of carbonyl (C=O) groups excluding carboxylic acids is 1. The number of H-pyrrole nitrogens is 1. The fourth-order valence-corrected chi connectivity index (χ4v) is 3.49. The van der Waals surface area contributed by atoms with E-state index >= 15 is 0 Å². The zero-order valence-corrected chi connectivity index (χ0v) is 16.2. The van der Waals surface area contributed by atoms with Crippen molar-refractivity contribution in [3.05, 3.63) is 66.0 Å². The molecule has 0 saturated heterocycles. The van der Waals surface area contributed by atoms with Gasteiger partial charge in [-0.05, 0) is 42.8 Å². The standard InChI is InChI=1S/C22H21FN4O2/c1-3-27-18-5-4-6-20(29-2)16(18)12-19(27)17-13-21(26-25-17)24-22(28)11-14-7-9-15(23)10-8-14/h4-10,12-13H,3,11H2,1-2H3,(H2,24,25,26,28). The predicted molar refractivity (Wildman–Crippen MR) is 110 cm³/mol.